The van der Waals surface area contributed by atoms with Crippen LogP contribution in [0.3, 0.4) is 0 Å². The van der Waals surface area contributed by atoms with E-state index in [1.807, 2.05) is 6.92 Å². The van der Waals surface area contributed by atoms with Gasteiger partial charge in [-0.3, -0.25) is 4.79 Å². The van der Waals surface area contributed by atoms with Gasteiger partial charge in [0.25, 0.3) is 0 Å². The molecule has 2 aromatic rings. The molecular weight excluding hydrogens is 522 g/mol. The number of carbonyl (C=O) groups is 1. The van der Waals surface area contributed by atoms with Crippen LogP contribution in [-0.2, 0) is 11.0 Å². The number of methoxy groups -OCH3 is 1. The van der Waals surface area contributed by atoms with E-state index in [2.05, 4.69) is 37.7 Å². The number of nitrogens with one attached hydrogen (secondary N) is 1. The first-order chi connectivity index (χ1) is 18.7. The fourth-order valence-electron chi connectivity index (χ4n) is 4.82. The van der Waals surface area contributed by atoms with E-state index >= 15 is 0 Å². The second-order valence-electron chi connectivity index (χ2n) is 11.0. The summed E-state index contributed by atoms with van der Waals surface area (Å²) in [5, 5.41) is 2.92. The molecule has 0 spiro atoms. The Bertz CT molecular complexity index is 1150. The Morgan fingerprint density at radius 1 is 1.20 bits per heavy atom. The summed E-state index contributed by atoms with van der Waals surface area (Å²) in [7, 11) is 1.43. The third-order valence-electron chi connectivity index (χ3n) is 7.31. The Kier molecular flexibility index (Phi) is 11.6. The van der Waals surface area contributed by atoms with Gasteiger partial charge in [-0.05, 0) is 75.1 Å². The molecule has 1 saturated carbocycles. The van der Waals surface area contributed by atoms with E-state index in [0.29, 0.717) is 40.5 Å². The number of aromatic nitrogens is 1. The van der Waals surface area contributed by atoms with Gasteiger partial charge in [0.1, 0.15) is 5.69 Å². The lowest BCUT2D eigenvalue weighted by molar-refractivity contribution is -0.141. The number of ether oxygens (including phenoxy) is 1. The molecule has 1 heterocycles. The van der Waals surface area contributed by atoms with Gasteiger partial charge in [0, 0.05) is 34.3 Å². The summed E-state index contributed by atoms with van der Waals surface area (Å²) in [6.45, 7) is 14.1. The second-order valence-corrected chi connectivity index (χ2v) is 11.0. The zero-order valence-corrected chi connectivity index (χ0v) is 24.5. The summed E-state index contributed by atoms with van der Waals surface area (Å²) >= 11 is 0. The molecule has 1 unspecified atom stereocenters. The molecule has 1 fully saturated rings. The normalized spacial score (nSPS) is 14.7. The van der Waals surface area contributed by atoms with Crippen LogP contribution in [0.5, 0.6) is 5.75 Å². The van der Waals surface area contributed by atoms with Crippen LogP contribution >= 0.6 is 0 Å². The van der Waals surface area contributed by atoms with Crippen LogP contribution in [0.1, 0.15) is 101 Å². The topological polar surface area (TPSA) is 77.2 Å². The van der Waals surface area contributed by atoms with Crippen molar-refractivity contribution in [2.45, 2.75) is 91.7 Å². The Morgan fingerprint density at radius 2 is 1.85 bits per heavy atom. The minimum atomic E-state index is -4.48. The molecule has 3 N–H and O–H groups in total. The quantitative estimate of drug-likeness (QED) is 0.212. The average molecular weight is 566 g/mol. The molecule has 1 aromatic carbocycles. The van der Waals surface area contributed by atoms with Gasteiger partial charge in [-0.1, -0.05) is 40.7 Å². The van der Waals surface area contributed by atoms with E-state index in [-0.39, 0.29) is 17.6 Å². The molecule has 222 valence electrons. The molecule has 40 heavy (non-hydrogen) atoms. The molecule has 1 atom stereocenters. The number of carbonyl (C=O) groups excluding carboxylic acids is 1. The lowest BCUT2D eigenvalue weighted by Gasteiger charge is -2.32. The van der Waals surface area contributed by atoms with Gasteiger partial charge >= 0.3 is 6.18 Å². The number of hydrogen-bond acceptors (Lipinski definition) is 4. The van der Waals surface area contributed by atoms with Crippen molar-refractivity contribution in [3.05, 3.63) is 59.2 Å². The van der Waals surface area contributed by atoms with E-state index in [9.17, 15) is 22.4 Å². The fourth-order valence-corrected chi connectivity index (χ4v) is 4.82. The van der Waals surface area contributed by atoms with Crippen molar-refractivity contribution in [3.8, 4) is 5.75 Å². The van der Waals surface area contributed by atoms with E-state index in [1.165, 1.54) is 19.2 Å². The zero-order chi connectivity index (χ0) is 30.3. The van der Waals surface area contributed by atoms with Crippen LogP contribution in [0.15, 0.2) is 30.8 Å². The predicted octanol–water partition coefficient (Wildman–Crippen LogP) is 8.42. The number of anilines is 1. The predicted molar refractivity (Wildman–Crippen MR) is 152 cm³/mol. The van der Waals surface area contributed by atoms with Crippen molar-refractivity contribution in [1.82, 2.24) is 10.3 Å². The van der Waals surface area contributed by atoms with Crippen LogP contribution in [0.4, 0.5) is 23.2 Å². The van der Waals surface area contributed by atoms with Crippen LogP contribution in [0.25, 0.3) is 5.70 Å². The Morgan fingerprint density at radius 3 is 2.33 bits per heavy atom. The van der Waals surface area contributed by atoms with E-state index in [4.69, 9.17) is 10.5 Å². The Balaban J connectivity index is 0.000000425. The minimum Gasteiger partial charge on any atom is -0.493 e. The summed E-state index contributed by atoms with van der Waals surface area (Å²) in [4.78, 5) is 17.1. The van der Waals surface area contributed by atoms with Gasteiger partial charge in [0.15, 0.2) is 11.6 Å². The summed E-state index contributed by atoms with van der Waals surface area (Å²) in [5.74, 6) is 0.265. The number of nitrogens with two attached hydrogens (primary N) is 1. The van der Waals surface area contributed by atoms with Crippen molar-refractivity contribution in [3.63, 3.8) is 0 Å². The third-order valence-corrected chi connectivity index (χ3v) is 7.31. The molecule has 0 aliphatic heterocycles. The molecule has 9 heteroatoms. The van der Waals surface area contributed by atoms with E-state index in [1.54, 1.807) is 13.0 Å². The first-order valence-electron chi connectivity index (χ1n) is 13.9. The largest absolute Gasteiger partial charge is 0.493 e. The SMILES string of the molecule is C=C(NC(=O)C(CC)(CCC)CCC(C)C)c1ccc(C(F)(F)F)nc1C1CC1.COc1c(C)cc(N)cc1F. The number of pyridine rings is 1. The molecule has 1 aliphatic rings. The minimum absolute atomic E-state index is 0.00784. The van der Waals surface area contributed by atoms with Crippen LogP contribution in [-0.4, -0.2) is 18.0 Å². The molecule has 0 bridgehead atoms. The molecule has 1 aliphatic carbocycles. The van der Waals surface area contributed by atoms with Gasteiger partial charge in [-0.25, -0.2) is 9.37 Å². The van der Waals surface area contributed by atoms with Crippen molar-refractivity contribution in [2.75, 3.05) is 12.8 Å². The monoisotopic (exact) mass is 565 g/mol. The Labute approximate surface area is 235 Å². The molecule has 1 aromatic heterocycles. The second kappa shape index (κ2) is 14.0. The molecule has 1 amide bonds. The molecule has 0 saturated heterocycles. The van der Waals surface area contributed by atoms with Crippen LogP contribution in [0, 0.1) is 24.1 Å². The average Bonchev–Trinajstić information content (AvgIpc) is 3.71. The number of amides is 1. The fraction of sp³-hybridized carbons (Fsp3) is 0.548. The highest BCUT2D eigenvalue weighted by Gasteiger charge is 2.38. The number of rotatable bonds is 11. The van der Waals surface area contributed by atoms with Crippen molar-refractivity contribution >= 4 is 17.3 Å². The lowest BCUT2D eigenvalue weighted by atomic mass is 9.74. The molecule has 3 rings (SSSR count). The number of nitrogens with zero attached hydrogens (tertiary/aromatic N) is 1. The summed E-state index contributed by atoms with van der Waals surface area (Å²) in [6, 6.07) is 5.28. The van der Waals surface area contributed by atoms with E-state index < -0.39 is 23.1 Å². The summed E-state index contributed by atoms with van der Waals surface area (Å²) in [5.41, 5.74) is 6.39. The molecular formula is C31H43F4N3O2. The number of halogens is 4. The standard InChI is InChI=1S/C23H33F3N2O.C8H10FNO/c1-6-13-22(7-2,14-12-15(3)4)21(29)27-16(5)18-10-11-19(23(24,25)26)28-20(18)17-8-9-17;1-5-3-6(10)4-7(9)8(5)11-2/h10-11,15,17H,5-9,12-14H2,1-4H3,(H,27,29);3-4H,10H2,1-2H3. The van der Waals surface area contributed by atoms with Gasteiger partial charge in [0.2, 0.25) is 5.91 Å². The number of alkyl halides is 3. The van der Waals surface area contributed by atoms with Crippen LogP contribution < -0.4 is 15.8 Å². The summed E-state index contributed by atoms with van der Waals surface area (Å²) < 4.78 is 56.9. The van der Waals surface area contributed by atoms with Gasteiger partial charge in [0.05, 0.1) is 12.8 Å². The maximum Gasteiger partial charge on any atom is 0.433 e. The first-order valence-corrected chi connectivity index (χ1v) is 13.9. The first kappa shape index (κ1) is 33.1. The smallest absolute Gasteiger partial charge is 0.433 e. The molecule has 0 radical (unpaired) electrons. The highest BCUT2D eigenvalue weighted by molar-refractivity contribution is 5.90. The highest BCUT2D eigenvalue weighted by Crippen LogP contribution is 2.43. The Hall–Kier alpha value is -3.10. The van der Waals surface area contributed by atoms with Crippen LogP contribution in [0.2, 0.25) is 0 Å². The highest BCUT2D eigenvalue weighted by atomic mass is 19.4. The van der Waals surface area contributed by atoms with Gasteiger partial charge < -0.3 is 15.8 Å². The number of benzene rings is 1. The maximum absolute atomic E-state index is 13.2. The van der Waals surface area contributed by atoms with Crippen molar-refractivity contribution in [1.29, 1.82) is 0 Å². The maximum atomic E-state index is 13.2. The summed E-state index contributed by atoms with van der Waals surface area (Å²) in [6.07, 6.45) is 1.25. The van der Waals surface area contributed by atoms with Crippen molar-refractivity contribution in [2.24, 2.45) is 11.3 Å². The number of aryl methyl sites for hydroxylation is 1. The number of nitrogen functional groups attached to an aromatic ring is 1. The lowest BCUT2D eigenvalue weighted by Crippen LogP contribution is -2.40. The molecule has 5 nitrogen and oxygen atoms in total. The number of hydrogen-bond donors (Lipinski definition) is 2. The van der Waals surface area contributed by atoms with Gasteiger partial charge in [-0.15, -0.1) is 0 Å². The van der Waals surface area contributed by atoms with Gasteiger partial charge in [-0.2, -0.15) is 13.2 Å². The van der Waals surface area contributed by atoms with E-state index in [0.717, 1.165) is 44.6 Å². The van der Waals surface area contributed by atoms with Crippen molar-refractivity contribution < 1.29 is 27.1 Å². The third kappa shape index (κ3) is 8.70. The zero-order valence-electron chi connectivity index (χ0n) is 24.5.